The highest BCUT2D eigenvalue weighted by Gasteiger charge is 2.09. The lowest BCUT2D eigenvalue weighted by molar-refractivity contribution is -0.118. The second-order valence-electron chi connectivity index (χ2n) is 4.93. The minimum Gasteiger partial charge on any atom is -0.368 e. The topological polar surface area (TPSA) is 78.0 Å². The Morgan fingerprint density at radius 2 is 1.80 bits per heavy atom. The van der Waals surface area contributed by atoms with Crippen LogP contribution < -0.4 is 11.3 Å². The summed E-state index contributed by atoms with van der Waals surface area (Å²) in [5.41, 5.74) is 9.82. The van der Waals surface area contributed by atoms with Gasteiger partial charge in [0.15, 0.2) is 0 Å². The van der Waals surface area contributed by atoms with E-state index in [0.717, 1.165) is 21.4 Å². The summed E-state index contributed by atoms with van der Waals surface area (Å²) >= 11 is 0. The van der Waals surface area contributed by atoms with Crippen molar-refractivity contribution in [3.8, 4) is 11.3 Å². The summed E-state index contributed by atoms with van der Waals surface area (Å²) in [6, 6.07) is 7.18. The maximum Gasteiger partial charge on any atom is 0.267 e. The normalized spacial score (nSPS) is 10.6. The van der Waals surface area contributed by atoms with E-state index in [4.69, 9.17) is 5.73 Å². The van der Waals surface area contributed by atoms with E-state index in [-0.39, 0.29) is 12.1 Å². The highest BCUT2D eigenvalue weighted by molar-refractivity contribution is 5.73. The number of nitrogens with zero attached hydrogens (tertiary/aromatic N) is 2. The van der Waals surface area contributed by atoms with E-state index in [1.807, 2.05) is 26.8 Å². The molecule has 0 aliphatic heterocycles. The molecular weight excluding hydrogens is 254 g/mol. The minimum absolute atomic E-state index is 0.212. The minimum atomic E-state index is -0.589. The van der Waals surface area contributed by atoms with Gasteiger partial charge < -0.3 is 5.73 Å². The Kier molecular flexibility index (Phi) is 3.70. The van der Waals surface area contributed by atoms with E-state index in [2.05, 4.69) is 11.2 Å². The Morgan fingerprint density at radius 3 is 2.45 bits per heavy atom. The number of carbonyl (C=O) groups is 1. The van der Waals surface area contributed by atoms with Crippen molar-refractivity contribution in [2.75, 3.05) is 0 Å². The Hall–Kier alpha value is -2.43. The summed E-state index contributed by atoms with van der Waals surface area (Å²) in [4.78, 5) is 22.6. The molecule has 1 heterocycles. The lowest BCUT2D eigenvalue weighted by Crippen LogP contribution is -2.29. The zero-order valence-corrected chi connectivity index (χ0v) is 11.8. The van der Waals surface area contributed by atoms with Gasteiger partial charge in [-0.2, -0.15) is 5.10 Å². The van der Waals surface area contributed by atoms with Crippen molar-refractivity contribution < 1.29 is 4.79 Å². The number of hydrogen-bond acceptors (Lipinski definition) is 3. The number of benzene rings is 1. The first-order chi connectivity index (χ1) is 9.38. The van der Waals surface area contributed by atoms with Gasteiger partial charge in [0.2, 0.25) is 5.91 Å². The zero-order chi connectivity index (χ0) is 14.9. The Balaban J connectivity index is 2.56. The summed E-state index contributed by atoms with van der Waals surface area (Å²) in [6.45, 7) is 5.86. The molecule has 2 N–H and O–H groups in total. The van der Waals surface area contributed by atoms with Gasteiger partial charge in [0.25, 0.3) is 5.56 Å². The Labute approximate surface area is 117 Å². The molecule has 0 unspecified atom stereocenters. The number of nitrogens with two attached hydrogens (primary N) is 1. The van der Waals surface area contributed by atoms with E-state index in [9.17, 15) is 9.59 Å². The van der Waals surface area contributed by atoms with Crippen LogP contribution in [0.1, 0.15) is 16.7 Å². The SMILES string of the molecule is Cc1cc(C)c(-c2ccc(=O)n(CC(N)=O)n2)cc1C. The molecule has 5 nitrogen and oxygen atoms in total. The monoisotopic (exact) mass is 271 g/mol. The van der Waals surface area contributed by atoms with E-state index >= 15 is 0 Å². The Bertz CT molecular complexity index is 732. The van der Waals surface area contributed by atoms with Crippen LogP contribution in [-0.2, 0) is 11.3 Å². The van der Waals surface area contributed by atoms with Crippen LogP contribution in [0.3, 0.4) is 0 Å². The number of hydrogen-bond donors (Lipinski definition) is 1. The second-order valence-corrected chi connectivity index (χ2v) is 4.93. The van der Waals surface area contributed by atoms with Crippen molar-refractivity contribution in [2.45, 2.75) is 27.3 Å². The highest BCUT2D eigenvalue weighted by atomic mass is 16.2. The fourth-order valence-corrected chi connectivity index (χ4v) is 2.09. The predicted molar refractivity (Wildman–Crippen MR) is 77.3 cm³/mol. The van der Waals surface area contributed by atoms with Crippen molar-refractivity contribution in [2.24, 2.45) is 5.73 Å². The molecule has 0 spiro atoms. The molecular formula is C15H17N3O2. The number of aromatic nitrogens is 2. The molecule has 2 aromatic rings. The van der Waals surface area contributed by atoms with Gasteiger partial charge in [-0.1, -0.05) is 6.07 Å². The molecule has 20 heavy (non-hydrogen) atoms. The van der Waals surface area contributed by atoms with Gasteiger partial charge in [-0.3, -0.25) is 9.59 Å². The zero-order valence-electron chi connectivity index (χ0n) is 11.8. The molecule has 5 heteroatoms. The van der Waals surface area contributed by atoms with Crippen molar-refractivity contribution in [3.63, 3.8) is 0 Å². The lowest BCUT2D eigenvalue weighted by Gasteiger charge is -2.10. The van der Waals surface area contributed by atoms with Crippen LogP contribution in [0.15, 0.2) is 29.1 Å². The lowest BCUT2D eigenvalue weighted by atomic mass is 9.99. The van der Waals surface area contributed by atoms with Crippen LogP contribution in [-0.4, -0.2) is 15.7 Å². The van der Waals surface area contributed by atoms with Crippen LogP contribution in [0.5, 0.6) is 0 Å². The molecule has 0 saturated carbocycles. The van der Waals surface area contributed by atoms with Crippen LogP contribution in [0.4, 0.5) is 0 Å². The van der Waals surface area contributed by atoms with Crippen LogP contribution in [0.2, 0.25) is 0 Å². The van der Waals surface area contributed by atoms with Gasteiger partial charge in [-0.05, 0) is 49.6 Å². The molecule has 1 amide bonds. The van der Waals surface area contributed by atoms with Crippen LogP contribution >= 0.6 is 0 Å². The number of rotatable bonds is 3. The standard InChI is InChI=1S/C15H17N3O2/c1-9-6-11(3)12(7-10(9)2)13-4-5-15(20)18(17-13)8-14(16)19/h4-7H,8H2,1-3H3,(H2,16,19). The average molecular weight is 271 g/mol. The fourth-order valence-electron chi connectivity index (χ4n) is 2.09. The molecule has 0 bridgehead atoms. The fraction of sp³-hybridized carbons (Fsp3) is 0.267. The molecule has 1 aromatic carbocycles. The van der Waals surface area contributed by atoms with E-state index in [1.54, 1.807) is 6.07 Å². The van der Waals surface area contributed by atoms with Gasteiger partial charge in [-0.15, -0.1) is 0 Å². The summed E-state index contributed by atoms with van der Waals surface area (Å²) in [6.07, 6.45) is 0. The summed E-state index contributed by atoms with van der Waals surface area (Å²) in [5.74, 6) is -0.589. The third-order valence-electron chi connectivity index (χ3n) is 3.29. The molecule has 0 radical (unpaired) electrons. The third kappa shape index (κ3) is 2.77. The van der Waals surface area contributed by atoms with Crippen molar-refractivity contribution in [1.82, 2.24) is 9.78 Å². The second kappa shape index (κ2) is 5.28. The summed E-state index contributed by atoms with van der Waals surface area (Å²) in [5, 5.41) is 4.22. The predicted octanol–water partition coefficient (Wildman–Crippen LogP) is 1.32. The van der Waals surface area contributed by atoms with Crippen LogP contribution in [0, 0.1) is 20.8 Å². The molecule has 2 rings (SSSR count). The van der Waals surface area contributed by atoms with Crippen molar-refractivity contribution in [3.05, 3.63) is 51.3 Å². The largest absolute Gasteiger partial charge is 0.368 e. The quantitative estimate of drug-likeness (QED) is 0.914. The number of carbonyl (C=O) groups excluding carboxylic acids is 1. The first-order valence-corrected chi connectivity index (χ1v) is 6.33. The van der Waals surface area contributed by atoms with E-state index in [1.165, 1.54) is 11.6 Å². The number of primary amides is 1. The molecule has 0 atom stereocenters. The molecule has 104 valence electrons. The average Bonchev–Trinajstić information content (AvgIpc) is 2.36. The van der Waals surface area contributed by atoms with Crippen molar-refractivity contribution >= 4 is 5.91 Å². The van der Waals surface area contributed by atoms with E-state index in [0.29, 0.717) is 5.69 Å². The Morgan fingerprint density at radius 1 is 1.15 bits per heavy atom. The first kappa shape index (κ1) is 14.0. The van der Waals surface area contributed by atoms with Crippen LogP contribution in [0.25, 0.3) is 11.3 Å². The summed E-state index contributed by atoms with van der Waals surface area (Å²) < 4.78 is 1.09. The molecule has 1 aromatic heterocycles. The van der Waals surface area contributed by atoms with E-state index < -0.39 is 5.91 Å². The summed E-state index contributed by atoms with van der Waals surface area (Å²) in [7, 11) is 0. The first-order valence-electron chi connectivity index (χ1n) is 6.33. The van der Waals surface area contributed by atoms with Gasteiger partial charge in [0.05, 0.1) is 5.69 Å². The van der Waals surface area contributed by atoms with Gasteiger partial charge >= 0.3 is 0 Å². The van der Waals surface area contributed by atoms with Gasteiger partial charge in [0.1, 0.15) is 6.54 Å². The highest BCUT2D eigenvalue weighted by Crippen LogP contribution is 2.24. The van der Waals surface area contributed by atoms with Gasteiger partial charge in [0, 0.05) is 11.6 Å². The molecule has 0 fully saturated rings. The third-order valence-corrected chi connectivity index (χ3v) is 3.29. The number of aryl methyl sites for hydroxylation is 3. The molecule has 0 aliphatic carbocycles. The maximum atomic E-state index is 11.6. The smallest absolute Gasteiger partial charge is 0.267 e. The number of amides is 1. The maximum absolute atomic E-state index is 11.6. The van der Waals surface area contributed by atoms with Crippen molar-refractivity contribution in [1.29, 1.82) is 0 Å². The van der Waals surface area contributed by atoms with Gasteiger partial charge in [-0.25, -0.2) is 4.68 Å². The molecule has 0 aliphatic rings. The molecule has 0 saturated heterocycles.